The second-order valence-corrected chi connectivity index (χ2v) is 7.23. The Labute approximate surface area is 169 Å². The van der Waals surface area contributed by atoms with E-state index in [4.69, 9.17) is 0 Å². The normalized spacial score (nSPS) is 12.9. The zero-order chi connectivity index (χ0) is 21.4. The van der Waals surface area contributed by atoms with Crippen molar-refractivity contribution < 1.29 is 24.6 Å². The summed E-state index contributed by atoms with van der Waals surface area (Å²) in [5.41, 5.74) is 2.38. The van der Waals surface area contributed by atoms with Crippen molar-refractivity contribution in [3.63, 3.8) is 0 Å². The van der Waals surface area contributed by atoms with Crippen LogP contribution >= 0.6 is 0 Å². The first kappa shape index (κ1) is 22.1. The largest absolute Gasteiger partial charge is 0.480 e. The minimum atomic E-state index is -1.22. The Hall–Kier alpha value is -3.19. The Morgan fingerprint density at radius 2 is 1.38 bits per heavy atom. The van der Waals surface area contributed by atoms with Crippen molar-refractivity contribution in [1.82, 2.24) is 10.6 Å². The number of aliphatic carboxylic acids is 2. The lowest BCUT2D eigenvalue weighted by Crippen LogP contribution is -2.52. The lowest BCUT2D eigenvalue weighted by molar-refractivity contribution is -0.142. The molecule has 0 spiro atoms. The van der Waals surface area contributed by atoms with Crippen LogP contribution in [0.4, 0.5) is 0 Å². The van der Waals surface area contributed by atoms with E-state index in [1.54, 1.807) is 12.1 Å². The Bertz CT molecular complexity index is 834. The number of hydrogen-bond donors (Lipinski definition) is 4. The smallest absolute Gasteiger partial charge is 0.322 e. The molecule has 0 radical (unpaired) electrons. The monoisotopic (exact) mass is 398 g/mol. The molecular formula is C22H26N2O5. The maximum absolute atomic E-state index is 12.4. The molecule has 0 bridgehead atoms. The van der Waals surface area contributed by atoms with Crippen LogP contribution in [0.15, 0.2) is 54.6 Å². The van der Waals surface area contributed by atoms with Crippen LogP contribution in [0, 0.1) is 5.92 Å². The van der Waals surface area contributed by atoms with Crippen molar-refractivity contribution in [3.8, 4) is 11.1 Å². The van der Waals surface area contributed by atoms with E-state index in [1.165, 1.54) is 0 Å². The van der Waals surface area contributed by atoms with E-state index in [2.05, 4.69) is 10.6 Å². The standard InChI is InChI=1S/C22H26N2O5/c1-14(2)12-18(21(26)27)24-19(22(28)29)13-23-20(25)17-10-8-16(9-11-17)15-6-4-3-5-7-15/h3-11,14,18-19,24H,12-13H2,1-2H3,(H,23,25)(H,26,27)(H,28,29). The molecule has 0 aliphatic heterocycles. The van der Waals surface area contributed by atoms with E-state index in [1.807, 2.05) is 56.3 Å². The molecule has 0 saturated carbocycles. The summed E-state index contributed by atoms with van der Waals surface area (Å²) >= 11 is 0. The van der Waals surface area contributed by atoms with E-state index in [0.29, 0.717) is 5.56 Å². The third-order valence-corrected chi connectivity index (χ3v) is 4.43. The number of benzene rings is 2. The molecule has 0 fully saturated rings. The fourth-order valence-electron chi connectivity index (χ4n) is 2.91. The van der Waals surface area contributed by atoms with Crippen LogP contribution in [-0.2, 0) is 9.59 Å². The number of amides is 1. The van der Waals surface area contributed by atoms with Crippen LogP contribution in [0.2, 0.25) is 0 Å². The van der Waals surface area contributed by atoms with Gasteiger partial charge in [-0.15, -0.1) is 0 Å². The van der Waals surface area contributed by atoms with Crippen molar-refractivity contribution in [2.75, 3.05) is 6.54 Å². The summed E-state index contributed by atoms with van der Waals surface area (Å²) in [7, 11) is 0. The second kappa shape index (κ2) is 10.4. The quantitative estimate of drug-likeness (QED) is 0.489. The highest BCUT2D eigenvalue weighted by Crippen LogP contribution is 2.19. The van der Waals surface area contributed by atoms with Gasteiger partial charge >= 0.3 is 11.9 Å². The number of nitrogens with one attached hydrogen (secondary N) is 2. The number of rotatable bonds is 10. The van der Waals surface area contributed by atoms with Gasteiger partial charge in [-0.2, -0.15) is 0 Å². The van der Waals surface area contributed by atoms with Gasteiger partial charge in [0.05, 0.1) is 0 Å². The summed E-state index contributed by atoms with van der Waals surface area (Å²) in [5, 5.41) is 23.8. The molecule has 1 amide bonds. The van der Waals surface area contributed by atoms with Crippen molar-refractivity contribution >= 4 is 17.8 Å². The summed E-state index contributed by atoms with van der Waals surface area (Å²) in [6.07, 6.45) is 0.286. The molecule has 2 rings (SSSR count). The summed E-state index contributed by atoms with van der Waals surface area (Å²) in [6.45, 7) is 3.49. The average molecular weight is 398 g/mol. The van der Waals surface area contributed by atoms with Gasteiger partial charge in [0.1, 0.15) is 12.1 Å². The van der Waals surface area contributed by atoms with Gasteiger partial charge in [0, 0.05) is 12.1 Å². The zero-order valence-corrected chi connectivity index (χ0v) is 16.5. The van der Waals surface area contributed by atoms with Crippen molar-refractivity contribution in [1.29, 1.82) is 0 Å². The molecule has 29 heavy (non-hydrogen) atoms. The van der Waals surface area contributed by atoms with Gasteiger partial charge in [0.25, 0.3) is 5.91 Å². The van der Waals surface area contributed by atoms with E-state index in [0.717, 1.165) is 11.1 Å². The van der Waals surface area contributed by atoms with Gasteiger partial charge in [-0.25, -0.2) is 0 Å². The molecule has 2 atom stereocenters. The maximum Gasteiger partial charge on any atom is 0.322 e. The van der Waals surface area contributed by atoms with E-state index in [9.17, 15) is 24.6 Å². The van der Waals surface area contributed by atoms with Gasteiger partial charge in [-0.3, -0.25) is 19.7 Å². The van der Waals surface area contributed by atoms with Gasteiger partial charge in [-0.1, -0.05) is 56.3 Å². The number of carboxylic acids is 2. The number of hydrogen-bond acceptors (Lipinski definition) is 4. The number of carbonyl (C=O) groups is 3. The van der Waals surface area contributed by atoms with Crippen LogP contribution in [0.1, 0.15) is 30.6 Å². The van der Waals surface area contributed by atoms with Gasteiger partial charge < -0.3 is 15.5 Å². The highest BCUT2D eigenvalue weighted by molar-refractivity contribution is 5.95. The highest BCUT2D eigenvalue weighted by atomic mass is 16.4. The Kier molecular flexibility index (Phi) is 7.91. The van der Waals surface area contributed by atoms with Crippen LogP contribution in [0.25, 0.3) is 11.1 Å². The first-order valence-corrected chi connectivity index (χ1v) is 9.43. The van der Waals surface area contributed by atoms with E-state index in [-0.39, 0.29) is 18.9 Å². The number of carboxylic acid groups (broad SMARTS) is 2. The predicted octanol–water partition coefficient (Wildman–Crippen LogP) is 2.63. The fourth-order valence-corrected chi connectivity index (χ4v) is 2.91. The van der Waals surface area contributed by atoms with Crippen molar-refractivity contribution in [2.45, 2.75) is 32.4 Å². The molecule has 0 heterocycles. The third kappa shape index (κ3) is 6.73. The summed E-state index contributed by atoms with van der Waals surface area (Å²) in [4.78, 5) is 35.2. The second-order valence-electron chi connectivity index (χ2n) is 7.23. The zero-order valence-electron chi connectivity index (χ0n) is 16.5. The van der Waals surface area contributed by atoms with Crippen LogP contribution < -0.4 is 10.6 Å². The molecule has 0 aliphatic rings. The molecule has 2 unspecified atom stereocenters. The SMILES string of the molecule is CC(C)CC(NC(CNC(=O)c1ccc(-c2ccccc2)cc1)C(=O)O)C(=O)O. The number of carbonyl (C=O) groups excluding carboxylic acids is 1. The molecule has 4 N–H and O–H groups in total. The topological polar surface area (TPSA) is 116 Å². The fraction of sp³-hybridized carbons (Fsp3) is 0.318. The average Bonchev–Trinajstić information content (AvgIpc) is 2.70. The Morgan fingerprint density at radius 3 is 1.90 bits per heavy atom. The summed E-state index contributed by atoms with van der Waals surface area (Å²) in [6, 6.07) is 14.5. The van der Waals surface area contributed by atoms with Crippen LogP contribution in [0.5, 0.6) is 0 Å². The van der Waals surface area contributed by atoms with Crippen molar-refractivity contribution in [3.05, 3.63) is 60.2 Å². The lowest BCUT2D eigenvalue weighted by atomic mass is 10.0. The van der Waals surface area contributed by atoms with Gasteiger partial charge in [-0.05, 0) is 35.6 Å². The highest BCUT2D eigenvalue weighted by Gasteiger charge is 2.27. The van der Waals surface area contributed by atoms with Crippen molar-refractivity contribution in [2.24, 2.45) is 5.92 Å². The van der Waals surface area contributed by atoms with Gasteiger partial charge in [0.2, 0.25) is 0 Å². The molecule has 7 heteroatoms. The molecule has 0 aromatic heterocycles. The summed E-state index contributed by atoms with van der Waals surface area (Å²) < 4.78 is 0. The molecule has 2 aromatic rings. The first-order valence-electron chi connectivity index (χ1n) is 9.43. The molecular weight excluding hydrogens is 372 g/mol. The van der Waals surface area contributed by atoms with Crippen LogP contribution in [0.3, 0.4) is 0 Å². The minimum absolute atomic E-state index is 0.0794. The predicted molar refractivity (Wildman–Crippen MR) is 110 cm³/mol. The molecule has 0 saturated heterocycles. The molecule has 154 valence electrons. The lowest BCUT2D eigenvalue weighted by Gasteiger charge is -2.22. The summed E-state index contributed by atoms with van der Waals surface area (Å²) in [5.74, 6) is -2.68. The minimum Gasteiger partial charge on any atom is -0.480 e. The Morgan fingerprint density at radius 1 is 0.828 bits per heavy atom. The van der Waals surface area contributed by atoms with E-state index >= 15 is 0 Å². The molecule has 0 aliphatic carbocycles. The van der Waals surface area contributed by atoms with Crippen LogP contribution in [-0.4, -0.2) is 46.7 Å². The Balaban J connectivity index is 1.99. The maximum atomic E-state index is 12.4. The molecule has 2 aromatic carbocycles. The third-order valence-electron chi connectivity index (χ3n) is 4.43. The molecule has 7 nitrogen and oxygen atoms in total. The van der Waals surface area contributed by atoms with E-state index < -0.39 is 29.9 Å². The van der Waals surface area contributed by atoms with Gasteiger partial charge in [0.15, 0.2) is 0 Å². The first-order chi connectivity index (χ1) is 13.8.